The van der Waals surface area contributed by atoms with Gasteiger partial charge in [0.05, 0.1) is 12.7 Å². The molecule has 0 spiro atoms. The molecule has 3 rings (SSSR count). The second kappa shape index (κ2) is 7.60. The zero-order valence-corrected chi connectivity index (χ0v) is 15.3. The Kier molecular flexibility index (Phi) is 5.26. The van der Waals surface area contributed by atoms with Crippen LogP contribution in [0.4, 0.5) is 5.69 Å². The summed E-state index contributed by atoms with van der Waals surface area (Å²) in [6.07, 6.45) is 2.73. The fourth-order valence-electron chi connectivity index (χ4n) is 3.16. The Bertz CT molecular complexity index is 844. The summed E-state index contributed by atoms with van der Waals surface area (Å²) in [5, 5.41) is 2.85. The van der Waals surface area contributed by atoms with Gasteiger partial charge in [-0.3, -0.25) is 4.79 Å². The lowest BCUT2D eigenvalue weighted by molar-refractivity contribution is -0.122. The number of nitrogens with one attached hydrogen (secondary N) is 1. The number of carbonyl (C=O) groups excluding carboxylic acids is 2. The normalized spacial score (nSPS) is 13.7. The standard InChI is InChI=1S/C21H23NO4/c1-13-11-17(21(24)25-3)8-10-19(13)22-20(23)14(2)26-18-9-7-15-5-4-6-16(15)12-18/h7-12,14H,4-6H2,1-3H3,(H,22,23)/t14-/m0/s1. The fourth-order valence-corrected chi connectivity index (χ4v) is 3.16. The monoisotopic (exact) mass is 353 g/mol. The lowest BCUT2D eigenvalue weighted by Gasteiger charge is -2.16. The molecule has 26 heavy (non-hydrogen) atoms. The van der Waals surface area contributed by atoms with Crippen LogP contribution >= 0.6 is 0 Å². The molecule has 1 N–H and O–H groups in total. The first-order chi connectivity index (χ1) is 12.5. The minimum Gasteiger partial charge on any atom is -0.481 e. The van der Waals surface area contributed by atoms with Crippen LogP contribution in [-0.4, -0.2) is 25.1 Å². The molecule has 5 heteroatoms. The van der Waals surface area contributed by atoms with Gasteiger partial charge in [-0.25, -0.2) is 4.79 Å². The van der Waals surface area contributed by atoms with Gasteiger partial charge in [0, 0.05) is 5.69 Å². The second-order valence-corrected chi connectivity index (χ2v) is 6.55. The number of fused-ring (bicyclic) bond motifs is 1. The zero-order chi connectivity index (χ0) is 18.7. The van der Waals surface area contributed by atoms with Crippen LogP contribution < -0.4 is 10.1 Å². The van der Waals surface area contributed by atoms with Crippen molar-refractivity contribution in [2.24, 2.45) is 0 Å². The van der Waals surface area contributed by atoms with Gasteiger partial charge in [0.25, 0.3) is 5.91 Å². The average Bonchev–Trinajstić information content (AvgIpc) is 3.10. The number of benzene rings is 2. The molecule has 0 fully saturated rings. The van der Waals surface area contributed by atoms with E-state index in [1.165, 1.54) is 24.7 Å². The number of amides is 1. The molecule has 2 aromatic carbocycles. The molecule has 0 heterocycles. The van der Waals surface area contributed by atoms with E-state index in [4.69, 9.17) is 9.47 Å². The Balaban J connectivity index is 1.65. The molecule has 1 atom stereocenters. The Morgan fingerprint density at radius 2 is 1.85 bits per heavy atom. The van der Waals surface area contributed by atoms with Gasteiger partial charge < -0.3 is 14.8 Å². The summed E-state index contributed by atoms with van der Waals surface area (Å²) < 4.78 is 10.5. The van der Waals surface area contributed by atoms with E-state index in [-0.39, 0.29) is 5.91 Å². The molecule has 0 unspecified atom stereocenters. The number of methoxy groups -OCH3 is 1. The number of esters is 1. The molecule has 0 radical (unpaired) electrons. The SMILES string of the molecule is COC(=O)c1ccc(NC(=O)[C@H](C)Oc2ccc3c(c2)CCC3)c(C)c1. The van der Waals surface area contributed by atoms with E-state index in [1.807, 2.05) is 19.1 Å². The molecule has 0 aliphatic heterocycles. The van der Waals surface area contributed by atoms with E-state index in [0.29, 0.717) is 17.0 Å². The highest BCUT2D eigenvalue weighted by atomic mass is 16.5. The van der Waals surface area contributed by atoms with E-state index < -0.39 is 12.1 Å². The number of hydrogen-bond acceptors (Lipinski definition) is 4. The molecule has 0 saturated heterocycles. The van der Waals surface area contributed by atoms with Crippen molar-refractivity contribution in [3.05, 3.63) is 58.7 Å². The average molecular weight is 353 g/mol. The van der Waals surface area contributed by atoms with E-state index in [2.05, 4.69) is 11.4 Å². The third-order valence-electron chi connectivity index (χ3n) is 4.66. The summed E-state index contributed by atoms with van der Waals surface area (Å²) in [5.41, 5.74) is 4.56. The van der Waals surface area contributed by atoms with Crippen LogP contribution in [0.2, 0.25) is 0 Å². The third-order valence-corrected chi connectivity index (χ3v) is 4.66. The van der Waals surface area contributed by atoms with Gasteiger partial charge in [-0.15, -0.1) is 0 Å². The van der Waals surface area contributed by atoms with Crippen LogP contribution in [0.3, 0.4) is 0 Å². The number of hydrogen-bond donors (Lipinski definition) is 1. The molecule has 1 aliphatic carbocycles. The van der Waals surface area contributed by atoms with Crippen molar-refractivity contribution in [3.8, 4) is 5.75 Å². The summed E-state index contributed by atoms with van der Waals surface area (Å²) in [6, 6.07) is 11.0. The molecule has 136 valence electrons. The van der Waals surface area contributed by atoms with Gasteiger partial charge in [0.15, 0.2) is 6.10 Å². The first kappa shape index (κ1) is 18.0. The van der Waals surface area contributed by atoms with Gasteiger partial charge in [0.2, 0.25) is 0 Å². The summed E-state index contributed by atoms with van der Waals surface area (Å²) >= 11 is 0. The number of anilines is 1. The zero-order valence-electron chi connectivity index (χ0n) is 15.3. The highest BCUT2D eigenvalue weighted by molar-refractivity contribution is 5.96. The van der Waals surface area contributed by atoms with Crippen molar-refractivity contribution in [1.82, 2.24) is 0 Å². The van der Waals surface area contributed by atoms with Crippen LogP contribution in [-0.2, 0) is 22.4 Å². The Morgan fingerprint density at radius 3 is 2.58 bits per heavy atom. The maximum Gasteiger partial charge on any atom is 0.337 e. The van der Waals surface area contributed by atoms with Crippen molar-refractivity contribution in [1.29, 1.82) is 0 Å². The Morgan fingerprint density at radius 1 is 1.08 bits per heavy atom. The number of aryl methyl sites for hydroxylation is 3. The topological polar surface area (TPSA) is 64.6 Å². The predicted molar refractivity (Wildman–Crippen MR) is 99.7 cm³/mol. The second-order valence-electron chi connectivity index (χ2n) is 6.55. The molecule has 2 aromatic rings. The summed E-state index contributed by atoms with van der Waals surface area (Å²) in [4.78, 5) is 24.0. The third kappa shape index (κ3) is 3.87. The molecule has 1 amide bonds. The summed E-state index contributed by atoms with van der Waals surface area (Å²) in [7, 11) is 1.34. The van der Waals surface area contributed by atoms with E-state index in [1.54, 1.807) is 25.1 Å². The van der Waals surface area contributed by atoms with Crippen LogP contribution in [0.1, 0.15) is 40.4 Å². The van der Waals surface area contributed by atoms with Crippen molar-refractivity contribution >= 4 is 17.6 Å². The molecule has 0 bridgehead atoms. The maximum atomic E-state index is 12.5. The molecular formula is C21H23NO4. The van der Waals surface area contributed by atoms with E-state index in [0.717, 1.165) is 18.4 Å². The van der Waals surface area contributed by atoms with Gasteiger partial charge in [-0.1, -0.05) is 6.07 Å². The first-order valence-electron chi connectivity index (χ1n) is 8.76. The molecular weight excluding hydrogens is 330 g/mol. The highest BCUT2D eigenvalue weighted by Gasteiger charge is 2.18. The Hall–Kier alpha value is -2.82. The largest absolute Gasteiger partial charge is 0.481 e. The Labute approximate surface area is 153 Å². The fraction of sp³-hybridized carbons (Fsp3) is 0.333. The quantitative estimate of drug-likeness (QED) is 0.833. The van der Waals surface area contributed by atoms with Crippen LogP contribution in [0.5, 0.6) is 5.75 Å². The van der Waals surface area contributed by atoms with Gasteiger partial charge in [0.1, 0.15) is 5.75 Å². The first-order valence-corrected chi connectivity index (χ1v) is 8.76. The van der Waals surface area contributed by atoms with Crippen LogP contribution in [0.15, 0.2) is 36.4 Å². The lowest BCUT2D eigenvalue weighted by atomic mass is 10.1. The smallest absolute Gasteiger partial charge is 0.337 e. The lowest BCUT2D eigenvalue weighted by Crippen LogP contribution is -2.30. The highest BCUT2D eigenvalue weighted by Crippen LogP contribution is 2.26. The molecule has 1 aliphatic rings. The van der Waals surface area contributed by atoms with Crippen LogP contribution in [0.25, 0.3) is 0 Å². The molecule has 5 nitrogen and oxygen atoms in total. The van der Waals surface area contributed by atoms with Gasteiger partial charge in [-0.05, 0) is 80.1 Å². The number of ether oxygens (including phenoxy) is 2. The van der Waals surface area contributed by atoms with Crippen molar-refractivity contribution < 1.29 is 19.1 Å². The minimum atomic E-state index is -0.630. The van der Waals surface area contributed by atoms with Crippen molar-refractivity contribution in [3.63, 3.8) is 0 Å². The maximum absolute atomic E-state index is 12.5. The summed E-state index contributed by atoms with van der Waals surface area (Å²) in [6.45, 7) is 3.55. The van der Waals surface area contributed by atoms with Crippen molar-refractivity contribution in [2.45, 2.75) is 39.2 Å². The van der Waals surface area contributed by atoms with Gasteiger partial charge in [-0.2, -0.15) is 0 Å². The number of rotatable bonds is 5. The molecule has 0 saturated carbocycles. The van der Waals surface area contributed by atoms with E-state index >= 15 is 0 Å². The molecule has 0 aromatic heterocycles. The van der Waals surface area contributed by atoms with E-state index in [9.17, 15) is 9.59 Å². The summed E-state index contributed by atoms with van der Waals surface area (Å²) in [5.74, 6) is 0.0739. The van der Waals surface area contributed by atoms with Crippen molar-refractivity contribution in [2.75, 3.05) is 12.4 Å². The minimum absolute atomic E-state index is 0.237. The number of carbonyl (C=O) groups is 2. The van der Waals surface area contributed by atoms with Gasteiger partial charge >= 0.3 is 5.97 Å². The predicted octanol–water partition coefficient (Wildman–Crippen LogP) is 3.68. The van der Waals surface area contributed by atoms with Crippen LogP contribution in [0, 0.1) is 6.92 Å².